The molecule has 0 spiro atoms. The molecule has 1 aromatic heterocycles. The van der Waals surface area contributed by atoms with Crippen LogP contribution in [0, 0.1) is 0 Å². The molecule has 17 heavy (non-hydrogen) atoms. The first kappa shape index (κ1) is 12.1. The molecule has 2 nitrogen and oxygen atoms in total. The van der Waals surface area contributed by atoms with Gasteiger partial charge in [0.2, 0.25) is 0 Å². The van der Waals surface area contributed by atoms with Crippen LogP contribution in [-0.4, -0.2) is 7.11 Å². The van der Waals surface area contributed by atoms with Crippen LogP contribution in [0.5, 0.6) is 5.75 Å². The average Bonchev–Trinajstić information content (AvgIpc) is 2.89. The van der Waals surface area contributed by atoms with Crippen molar-refractivity contribution in [2.75, 3.05) is 7.11 Å². The predicted octanol–water partition coefficient (Wildman–Crippen LogP) is 3.39. The Labute approximate surface area is 106 Å². The molecule has 2 rings (SSSR count). The van der Waals surface area contributed by atoms with Crippen molar-refractivity contribution in [3.63, 3.8) is 0 Å². The maximum absolute atomic E-state index is 6.17. The quantitative estimate of drug-likeness (QED) is 0.879. The number of ether oxygens (including phenoxy) is 1. The molecular weight excluding hydrogens is 230 g/mol. The lowest BCUT2D eigenvalue weighted by atomic mass is 10.0. The Balaban J connectivity index is 1.92. The van der Waals surface area contributed by atoms with E-state index in [4.69, 9.17) is 10.5 Å². The van der Waals surface area contributed by atoms with Gasteiger partial charge in [0.1, 0.15) is 5.75 Å². The molecule has 0 amide bonds. The number of rotatable bonds is 5. The Kier molecular flexibility index (Phi) is 4.18. The van der Waals surface area contributed by atoms with Crippen LogP contribution in [0.2, 0.25) is 0 Å². The largest absolute Gasteiger partial charge is 0.497 e. The first-order valence-corrected chi connectivity index (χ1v) is 6.59. The lowest BCUT2D eigenvalue weighted by Crippen LogP contribution is -2.10. The number of benzene rings is 1. The first-order valence-electron chi connectivity index (χ1n) is 5.71. The van der Waals surface area contributed by atoms with Crippen molar-refractivity contribution in [2.45, 2.75) is 18.9 Å². The summed E-state index contributed by atoms with van der Waals surface area (Å²) in [4.78, 5) is 1.40. The van der Waals surface area contributed by atoms with Gasteiger partial charge >= 0.3 is 0 Å². The smallest absolute Gasteiger partial charge is 0.118 e. The average molecular weight is 247 g/mol. The minimum absolute atomic E-state index is 0.100. The van der Waals surface area contributed by atoms with Crippen LogP contribution in [0.25, 0.3) is 0 Å². The molecule has 0 aliphatic carbocycles. The summed E-state index contributed by atoms with van der Waals surface area (Å²) in [5, 5.41) is 2.11. The van der Waals surface area contributed by atoms with Gasteiger partial charge < -0.3 is 10.5 Å². The third-order valence-corrected chi connectivity index (χ3v) is 3.76. The summed E-state index contributed by atoms with van der Waals surface area (Å²) in [6.45, 7) is 0. The fourth-order valence-corrected chi connectivity index (χ4v) is 2.50. The normalized spacial score (nSPS) is 12.4. The second kappa shape index (κ2) is 5.84. The van der Waals surface area contributed by atoms with E-state index in [9.17, 15) is 0 Å². The number of methoxy groups -OCH3 is 1. The number of thiophene rings is 1. The van der Waals surface area contributed by atoms with E-state index in [2.05, 4.69) is 17.5 Å². The lowest BCUT2D eigenvalue weighted by Gasteiger charge is -2.11. The predicted molar refractivity (Wildman–Crippen MR) is 72.6 cm³/mol. The summed E-state index contributed by atoms with van der Waals surface area (Å²) in [5.74, 6) is 0.874. The third-order valence-electron chi connectivity index (χ3n) is 2.83. The molecule has 0 radical (unpaired) electrons. The third kappa shape index (κ3) is 3.32. The SMILES string of the molecule is COc1ccc(C(N)CCc2cccs2)cc1. The molecule has 1 unspecified atom stereocenters. The Bertz CT molecular complexity index is 436. The number of hydrogen-bond donors (Lipinski definition) is 1. The topological polar surface area (TPSA) is 35.2 Å². The summed E-state index contributed by atoms with van der Waals surface area (Å²) in [5.41, 5.74) is 7.34. The Morgan fingerprint density at radius 2 is 2.00 bits per heavy atom. The second-order valence-electron chi connectivity index (χ2n) is 4.00. The van der Waals surface area contributed by atoms with Crippen LogP contribution in [0.1, 0.15) is 22.9 Å². The van der Waals surface area contributed by atoms with Crippen molar-refractivity contribution in [1.82, 2.24) is 0 Å². The van der Waals surface area contributed by atoms with Gasteiger partial charge in [-0.3, -0.25) is 0 Å². The fourth-order valence-electron chi connectivity index (χ4n) is 1.77. The van der Waals surface area contributed by atoms with Crippen LogP contribution in [-0.2, 0) is 6.42 Å². The highest BCUT2D eigenvalue weighted by Crippen LogP contribution is 2.21. The zero-order valence-electron chi connectivity index (χ0n) is 9.93. The van der Waals surface area contributed by atoms with Gasteiger partial charge in [0.15, 0.2) is 0 Å². The zero-order chi connectivity index (χ0) is 12.1. The minimum Gasteiger partial charge on any atom is -0.497 e. The molecule has 1 heterocycles. The van der Waals surface area contributed by atoms with E-state index in [1.165, 1.54) is 10.4 Å². The molecule has 0 aliphatic rings. The molecule has 0 aliphatic heterocycles. The van der Waals surface area contributed by atoms with Crippen LogP contribution < -0.4 is 10.5 Å². The van der Waals surface area contributed by atoms with E-state index in [1.54, 1.807) is 18.4 Å². The highest BCUT2D eigenvalue weighted by atomic mass is 32.1. The van der Waals surface area contributed by atoms with E-state index in [0.717, 1.165) is 18.6 Å². The molecule has 0 saturated carbocycles. The minimum atomic E-state index is 0.100. The van der Waals surface area contributed by atoms with Crippen molar-refractivity contribution in [1.29, 1.82) is 0 Å². The zero-order valence-corrected chi connectivity index (χ0v) is 10.7. The van der Waals surface area contributed by atoms with Crippen LogP contribution in [0.4, 0.5) is 0 Å². The van der Waals surface area contributed by atoms with Gasteiger partial charge in [-0.1, -0.05) is 18.2 Å². The van der Waals surface area contributed by atoms with Crippen LogP contribution in [0.3, 0.4) is 0 Å². The van der Waals surface area contributed by atoms with Crippen LogP contribution in [0.15, 0.2) is 41.8 Å². The maximum Gasteiger partial charge on any atom is 0.118 e. The summed E-state index contributed by atoms with van der Waals surface area (Å²) in [6, 6.07) is 12.3. The molecule has 0 fully saturated rings. The van der Waals surface area contributed by atoms with Crippen molar-refractivity contribution in [3.8, 4) is 5.75 Å². The number of aryl methyl sites for hydroxylation is 1. The van der Waals surface area contributed by atoms with Gasteiger partial charge in [0, 0.05) is 10.9 Å². The van der Waals surface area contributed by atoms with Gasteiger partial charge in [-0.2, -0.15) is 0 Å². The second-order valence-corrected chi connectivity index (χ2v) is 5.03. The highest BCUT2D eigenvalue weighted by molar-refractivity contribution is 7.09. The monoisotopic (exact) mass is 247 g/mol. The molecule has 90 valence electrons. The van der Waals surface area contributed by atoms with Crippen molar-refractivity contribution in [2.24, 2.45) is 5.73 Å². The molecule has 3 heteroatoms. The van der Waals surface area contributed by atoms with E-state index in [0.29, 0.717) is 0 Å². The van der Waals surface area contributed by atoms with Crippen molar-refractivity contribution < 1.29 is 4.74 Å². The lowest BCUT2D eigenvalue weighted by molar-refractivity contribution is 0.414. The van der Waals surface area contributed by atoms with Gasteiger partial charge in [-0.25, -0.2) is 0 Å². The van der Waals surface area contributed by atoms with Crippen LogP contribution >= 0.6 is 11.3 Å². The molecule has 1 atom stereocenters. The fraction of sp³-hybridized carbons (Fsp3) is 0.286. The van der Waals surface area contributed by atoms with E-state index < -0.39 is 0 Å². The molecular formula is C14H17NOS. The molecule has 0 saturated heterocycles. The highest BCUT2D eigenvalue weighted by Gasteiger charge is 2.06. The van der Waals surface area contributed by atoms with Gasteiger partial charge in [0.05, 0.1) is 7.11 Å². The summed E-state index contributed by atoms with van der Waals surface area (Å²) < 4.78 is 5.13. The Hall–Kier alpha value is -1.32. The van der Waals surface area contributed by atoms with E-state index in [1.807, 2.05) is 24.3 Å². The molecule has 0 bridgehead atoms. The number of nitrogens with two attached hydrogens (primary N) is 1. The van der Waals surface area contributed by atoms with Crippen molar-refractivity contribution in [3.05, 3.63) is 52.2 Å². The molecule has 2 N–H and O–H groups in total. The summed E-state index contributed by atoms with van der Waals surface area (Å²) in [7, 11) is 1.67. The van der Waals surface area contributed by atoms with E-state index >= 15 is 0 Å². The van der Waals surface area contributed by atoms with E-state index in [-0.39, 0.29) is 6.04 Å². The first-order chi connectivity index (χ1) is 8.29. The number of hydrogen-bond acceptors (Lipinski definition) is 3. The van der Waals surface area contributed by atoms with Gasteiger partial charge in [0.25, 0.3) is 0 Å². The molecule has 1 aromatic carbocycles. The van der Waals surface area contributed by atoms with Gasteiger partial charge in [-0.15, -0.1) is 11.3 Å². The van der Waals surface area contributed by atoms with Crippen molar-refractivity contribution >= 4 is 11.3 Å². The Morgan fingerprint density at radius 1 is 1.24 bits per heavy atom. The maximum atomic E-state index is 6.17. The Morgan fingerprint density at radius 3 is 2.59 bits per heavy atom. The summed E-state index contributed by atoms with van der Waals surface area (Å²) >= 11 is 1.79. The summed E-state index contributed by atoms with van der Waals surface area (Å²) in [6.07, 6.45) is 2.03. The molecule has 2 aromatic rings. The standard InChI is InChI=1S/C14H17NOS/c1-16-12-6-4-11(5-7-12)14(15)9-8-13-3-2-10-17-13/h2-7,10,14H,8-9,15H2,1H3. The van der Waals surface area contributed by atoms with Gasteiger partial charge in [-0.05, 0) is 42.0 Å².